The minimum atomic E-state index is -3.19. The van der Waals surface area contributed by atoms with Crippen LogP contribution in [0.5, 0.6) is 0 Å². The largest absolute Gasteiger partial charge is 0.267 e. The van der Waals surface area contributed by atoms with Gasteiger partial charge in [0.05, 0.1) is 11.3 Å². The minimum absolute atomic E-state index is 0.131. The molecule has 1 aromatic carbocycles. The second-order valence-corrected chi connectivity index (χ2v) is 5.63. The van der Waals surface area contributed by atoms with E-state index >= 15 is 0 Å². The highest BCUT2D eigenvalue weighted by atomic mass is 32.2. The normalized spacial score (nSPS) is 17.8. The molecule has 5 heteroatoms. The van der Waals surface area contributed by atoms with Gasteiger partial charge in [0.1, 0.15) is 5.82 Å². The second-order valence-electron chi connectivity index (χ2n) is 3.79. The molecule has 0 unspecified atom stereocenters. The van der Waals surface area contributed by atoms with Crippen molar-refractivity contribution in [2.75, 3.05) is 10.5 Å². The van der Waals surface area contributed by atoms with Gasteiger partial charge in [0.15, 0.2) is 0 Å². The van der Waals surface area contributed by atoms with E-state index in [2.05, 4.69) is 15.8 Å². The summed E-state index contributed by atoms with van der Waals surface area (Å²) in [5.41, 5.74) is 1.71. The Morgan fingerprint density at radius 2 is 2.31 bits per heavy atom. The third kappa shape index (κ3) is 1.53. The third-order valence-electron chi connectivity index (χ3n) is 2.63. The van der Waals surface area contributed by atoms with Gasteiger partial charge in [-0.2, -0.15) is 0 Å². The van der Waals surface area contributed by atoms with Gasteiger partial charge < -0.3 is 0 Å². The number of benzene rings is 1. The highest BCUT2D eigenvalue weighted by molar-refractivity contribution is 7.92. The molecule has 2 aromatic rings. The summed E-state index contributed by atoms with van der Waals surface area (Å²) in [5.74, 6) is 0.588. The summed E-state index contributed by atoms with van der Waals surface area (Å²) in [5, 5.41) is 1.01. The van der Waals surface area contributed by atoms with E-state index in [0.717, 1.165) is 16.5 Å². The lowest BCUT2D eigenvalue weighted by molar-refractivity contribution is 0.598. The zero-order valence-electron chi connectivity index (χ0n) is 8.40. The van der Waals surface area contributed by atoms with Crippen LogP contribution in [0.4, 0.5) is 5.82 Å². The summed E-state index contributed by atoms with van der Waals surface area (Å²) in [6.07, 6.45) is 0.520. The van der Waals surface area contributed by atoms with E-state index in [-0.39, 0.29) is 5.75 Å². The lowest BCUT2D eigenvalue weighted by Crippen LogP contribution is -2.24. The van der Waals surface area contributed by atoms with Gasteiger partial charge in [0.2, 0.25) is 10.0 Å². The maximum Gasteiger partial charge on any atom is 0.234 e. The highest BCUT2D eigenvalue weighted by Crippen LogP contribution is 2.25. The molecule has 0 saturated heterocycles. The summed E-state index contributed by atoms with van der Waals surface area (Å²) in [6, 6.07) is 10.4. The van der Waals surface area contributed by atoms with Crippen LogP contribution in [0.3, 0.4) is 0 Å². The Labute approximate surface area is 93.4 Å². The molecule has 1 aliphatic heterocycles. The smallest absolute Gasteiger partial charge is 0.234 e. The topological polar surface area (TPSA) is 59.1 Å². The van der Waals surface area contributed by atoms with Crippen molar-refractivity contribution in [3.8, 4) is 0 Å². The van der Waals surface area contributed by atoms with Gasteiger partial charge in [0, 0.05) is 5.39 Å². The fourth-order valence-electron chi connectivity index (χ4n) is 1.82. The summed E-state index contributed by atoms with van der Waals surface area (Å²) < 4.78 is 25.3. The Balaban J connectivity index is 2.25. The van der Waals surface area contributed by atoms with Crippen LogP contribution in [0.15, 0.2) is 24.3 Å². The van der Waals surface area contributed by atoms with Crippen LogP contribution >= 0.6 is 0 Å². The molecule has 1 aliphatic rings. The number of hydrogen-bond donors (Lipinski definition) is 1. The first-order valence-corrected chi connectivity index (χ1v) is 6.59. The molecule has 0 atom stereocenters. The fourth-order valence-corrected chi connectivity index (χ4v) is 2.88. The summed E-state index contributed by atoms with van der Waals surface area (Å²) in [6.45, 7) is 0. The molecule has 16 heavy (non-hydrogen) atoms. The van der Waals surface area contributed by atoms with E-state index in [1.54, 1.807) is 6.07 Å². The Bertz CT molecular complexity index is 665. The van der Waals surface area contributed by atoms with Crippen LogP contribution in [-0.4, -0.2) is 19.2 Å². The number of nitrogens with one attached hydrogen (secondary N) is 1. The number of pyridine rings is 1. The van der Waals surface area contributed by atoms with Crippen molar-refractivity contribution in [3.05, 3.63) is 35.9 Å². The molecular weight excluding hydrogens is 224 g/mol. The number of sulfonamides is 1. The van der Waals surface area contributed by atoms with Crippen molar-refractivity contribution in [2.45, 2.75) is 6.42 Å². The quantitative estimate of drug-likeness (QED) is 0.746. The number of rotatable bonds is 0. The summed E-state index contributed by atoms with van der Waals surface area (Å²) in [7, 11) is -3.19. The minimum Gasteiger partial charge on any atom is -0.267 e. The zero-order chi connectivity index (χ0) is 11.2. The van der Waals surface area contributed by atoms with E-state index in [9.17, 15) is 8.42 Å². The Morgan fingerprint density at radius 3 is 3.19 bits per heavy atom. The van der Waals surface area contributed by atoms with Crippen molar-refractivity contribution in [3.63, 3.8) is 0 Å². The molecule has 81 valence electrons. The van der Waals surface area contributed by atoms with Gasteiger partial charge in [0.25, 0.3) is 0 Å². The van der Waals surface area contributed by atoms with Gasteiger partial charge >= 0.3 is 0 Å². The lowest BCUT2D eigenvalue weighted by Gasteiger charge is -2.17. The van der Waals surface area contributed by atoms with E-state index in [1.165, 1.54) is 0 Å². The predicted molar refractivity (Wildman–Crippen MR) is 61.7 cm³/mol. The summed E-state index contributed by atoms with van der Waals surface area (Å²) in [4.78, 5) is 4.29. The van der Waals surface area contributed by atoms with Crippen LogP contribution in [-0.2, 0) is 16.4 Å². The van der Waals surface area contributed by atoms with E-state index in [4.69, 9.17) is 0 Å². The standard InChI is InChI=1S/C11H9N2O2S/c14-16(15)6-5-9-7-8-3-1-2-4-10(8)12-11(9)13-16/h1,3-4,7H,5-6H2,(H,12,13). The zero-order valence-corrected chi connectivity index (χ0v) is 9.21. The number of fused-ring (bicyclic) bond motifs is 2. The van der Waals surface area contributed by atoms with Crippen molar-refractivity contribution < 1.29 is 8.42 Å². The van der Waals surface area contributed by atoms with E-state index in [1.807, 2.05) is 18.2 Å². The molecule has 2 heterocycles. The van der Waals surface area contributed by atoms with Gasteiger partial charge in [-0.3, -0.25) is 4.72 Å². The molecule has 1 radical (unpaired) electrons. The van der Waals surface area contributed by atoms with E-state index in [0.29, 0.717) is 12.2 Å². The van der Waals surface area contributed by atoms with Gasteiger partial charge in [-0.25, -0.2) is 13.4 Å². The molecule has 0 bridgehead atoms. The van der Waals surface area contributed by atoms with Crippen LogP contribution in [0.2, 0.25) is 0 Å². The molecule has 0 spiro atoms. The van der Waals surface area contributed by atoms with Crippen molar-refractivity contribution in [1.29, 1.82) is 0 Å². The van der Waals surface area contributed by atoms with Crippen LogP contribution in [0, 0.1) is 6.07 Å². The van der Waals surface area contributed by atoms with Crippen LogP contribution in [0.1, 0.15) is 5.56 Å². The monoisotopic (exact) mass is 233 g/mol. The van der Waals surface area contributed by atoms with E-state index < -0.39 is 10.0 Å². The SMILES string of the molecule is O=S1(=O)CCc2cc3cc[c]cc3nc2N1. The van der Waals surface area contributed by atoms with Gasteiger partial charge in [-0.15, -0.1) is 0 Å². The molecule has 0 fully saturated rings. The molecule has 0 aliphatic carbocycles. The summed E-state index contributed by atoms with van der Waals surface area (Å²) >= 11 is 0. The van der Waals surface area contributed by atoms with Crippen LogP contribution < -0.4 is 4.72 Å². The van der Waals surface area contributed by atoms with Crippen molar-refractivity contribution >= 4 is 26.7 Å². The molecule has 1 N–H and O–H groups in total. The number of anilines is 1. The number of aryl methyl sites for hydroxylation is 1. The Morgan fingerprint density at radius 1 is 1.44 bits per heavy atom. The lowest BCUT2D eigenvalue weighted by atomic mass is 10.1. The molecular formula is C11H9N2O2S. The Hall–Kier alpha value is -1.62. The first kappa shape index (κ1) is 9.59. The first-order chi connectivity index (χ1) is 7.64. The second kappa shape index (κ2) is 3.18. The van der Waals surface area contributed by atoms with Crippen molar-refractivity contribution in [2.24, 2.45) is 0 Å². The van der Waals surface area contributed by atoms with Gasteiger partial charge in [-0.05, 0) is 30.2 Å². The first-order valence-electron chi connectivity index (χ1n) is 4.94. The molecule has 0 saturated carbocycles. The third-order valence-corrected chi connectivity index (χ3v) is 3.88. The molecule has 1 aromatic heterocycles. The van der Waals surface area contributed by atoms with Crippen molar-refractivity contribution in [1.82, 2.24) is 4.98 Å². The maximum atomic E-state index is 11.4. The average Bonchev–Trinajstić information content (AvgIpc) is 2.25. The van der Waals surface area contributed by atoms with Crippen LogP contribution in [0.25, 0.3) is 10.9 Å². The number of hydrogen-bond acceptors (Lipinski definition) is 3. The maximum absolute atomic E-state index is 11.4. The number of aromatic nitrogens is 1. The highest BCUT2D eigenvalue weighted by Gasteiger charge is 2.21. The number of nitrogens with zero attached hydrogens (tertiary/aromatic N) is 1. The fraction of sp³-hybridized carbons (Fsp3) is 0.182. The molecule has 4 nitrogen and oxygen atoms in total. The Kier molecular flexibility index (Phi) is 1.91. The molecule has 3 rings (SSSR count). The average molecular weight is 233 g/mol. The molecule has 0 amide bonds. The van der Waals surface area contributed by atoms with Gasteiger partial charge in [-0.1, -0.05) is 12.1 Å². The predicted octanol–water partition coefficient (Wildman–Crippen LogP) is 1.33.